The minimum Gasteiger partial charge on any atom is -0.329 e. The normalized spacial score (nSPS) is 35.4. The highest BCUT2D eigenvalue weighted by Gasteiger charge is 2.36. The van der Waals surface area contributed by atoms with Crippen LogP contribution in [0, 0.1) is 0 Å². The maximum absolute atomic E-state index is 11.8. The zero-order valence-corrected chi connectivity index (χ0v) is 12.9. The first-order chi connectivity index (χ1) is 8.91. The van der Waals surface area contributed by atoms with Crippen LogP contribution in [0.3, 0.4) is 0 Å². The Hall–Kier alpha value is -0.170. The summed E-state index contributed by atoms with van der Waals surface area (Å²) in [5.74, 6) is 0. The monoisotopic (exact) mass is 289 g/mol. The maximum atomic E-state index is 11.8. The molecular formula is C13H27N3O2S. The predicted molar refractivity (Wildman–Crippen MR) is 77.9 cm³/mol. The lowest BCUT2D eigenvalue weighted by Gasteiger charge is -2.46. The van der Waals surface area contributed by atoms with E-state index in [4.69, 9.17) is 5.73 Å². The smallest absolute Gasteiger partial charge is 0.150 e. The molecule has 1 aliphatic carbocycles. The lowest BCUT2D eigenvalue weighted by Crippen LogP contribution is -2.59. The molecule has 1 saturated heterocycles. The van der Waals surface area contributed by atoms with Crippen LogP contribution in [0.25, 0.3) is 0 Å². The summed E-state index contributed by atoms with van der Waals surface area (Å²) in [6.45, 7) is 3.72. The molecule has 2 aliphatic rings. The minimum atomic E-state index is -2.90. The molecule has 1 saturated carbocycles. The molecule has 0 aromatic heterocycles. The van der Waals surface area contributed by atoms with Gasteiger partial charge in [0.2, 0.25) is 0 Å². The van der Waals surface area contributed by atoms with E-state index in [0.29, 0.717) is 18.6 Å². The third kappa shape index (κ3) is 3.68. The summed E-state index contributed by atoms with van der Waals surface area (Å²) in [5.41, 5.74) is 5.90. The van der Waals surface area contributed by atoms with E-state index in [-0.39, 0.29) is 5.25 Å². The van der Waals surface area contributed by atoms with E-state index in [1.165, 1.54) is 6.26 Å². The number of likely N-dealkylation sites (N-methyl/N-ethyl adjacent to an activating group) is 1. The Bertz CT molecular complexity index is 399. The molecule has 1 aliphatic heterocycles. The van der Waals surface area contributed by atoms with E-state index in [1.807, 2.05) is 0 Å². The summed E-state index contributed by atoms with van der Waals surface area (Å²) in [6.07, 6.45) is 5.14. The third-order valence-electron chi connectivity index (χ3n) is 4.68. The Morgan fingerprint density at radius 1 is 1.26 bits per heavy atom. The SMILES string of the molecule is CN1CCN(C2CCCC(S(C)(=O)=O)C2)C(CN)C1. The van der Waals surface area contributed by atoms with Gasteiger partial charge in [0.05, 0.1) is 5.25 Å². The van der Waals surface area contributed by atoms with Gasteiger partial charge in [-0.15, -0.1) is 0 Å². The number of piperazine rings is 1. The van der Waals surface area contributed by atoms with Gasteiger partial charge in [-0.05, 0) is 26.3 Å². The van der Waals surface area contributed by atoms with Crippen molar-refractivity contribution in [3.05, 3.63) is 0 Å². The Morgan fingerprint density at radius 2 is 2.00 bits per heavy atom. The number of rotatable bonds is 3. The van der Waals surface area contributed by atoms with Crippen LogP contribution < -0.4 is 5.73 Å². The zero-order chi connectivity index (χ0) is 14.0. The van der Waals surface area contributed by atoms with Crippen molar-refractivity contribution < 1.29 is 8.42 Å². The van der Waals surface area contributed by atoms with E-state index in [1.54, 1.807) is 0 Å². The number of sulfone groups is 1. The number of nitrogens with two attached hydrogens (primary N) is 1. The summed E-state index contributed by atoms with van der Waals surface area (Å²) < 4.78 is 23.5. The van der Waals surface area contributed by atoms with Gasteiger partial charge in [0.25, 0.3) is 0 Å². The summed E-state index contributed by atoms with van der Waals surface area (Å²) >= 11 is 0. The first-order valence-corrected chi connectivity index (χ1v) is 9.20. The zero-order valence-electron chi connectivity index (χ0n) is 12.1. The Kier molecular flexibility index (Phi) is 4.87. The van der Waals surface area contributed by atoms with Crippen LogP contribution in [-0.4, -0.2) is 75.0 Å². The van der Waals surface area contributed by atoms with Gasteiger partial charge in [0.15, 0.2) is 0 Å². The summed E-state index contributed by atoms with van der Waals surface area (Å²) in [4.78, 5) is 4.78. The highest BCUT2D eigenvalue weighted by Crippen LogP contribution is 2.29. The van der Waals surface area contributed by atoms with E-state index in [2.05, 4.69) is 16.8 Å². The fraction of sp³-hybridized carbons (Fsp3) is 1.00. The van der Waals surface area contributed by atoms with Crippen molar-refractivity contribution in [2.75, 3.05) is 39.5 Å². The highest BCUT2D eigenvalue weighted by molar-refractivity contribution is 7.91. The Balaban J connectivity index is 2.04. The molecule has 19 heavy (non-hydrogen) atoms. The number of hydrogen-bond donors (Lipinski definition) is 1. The van der Waals surface area contributed by atoms with E-state index in [9.17, 15) is 8.42 Å². The van der Waals surface area contributed by atoms with Crippen molar-refractivity contribution in [3.8, 4) is 0 Å². The fourth-order valence-electron chi connectivity index (χ4n) is 3.53. The van der Waals surface area contributed by atoms with Gasteiger partial charge in [0.1, 0.15) is 9.84 Å². The largest absolute Gasteiger partial charge is 0.329 e. The van der Waals surface area contributed by atoms with Gasteiger partial charge in [-0.25, -0.2) is 8.42 Å². The van der Waals surface area contributed by atoms with Gasteiger partial charge >= 0.3 is 0 Å². The fourth-order valence-corrected chi connectivity index (χ4v) is 4.69. The molecule has 0 radical (unpaired) electrons. The average molecular weight is 289 g/mol. The van der Waals surface area contributed by atoms with Crippen LogP contribution in [0.15, 0.2) is 0 Å². The second-order valence-electron chi connectivity index (χ2n) is 6.16. The topological polar surface area (TPSA) is 66.6 Å². The van der Waals surface area contributed by atoms with E-state index < -0.39 is 9.84 Å². The van der Waals surface area contributed by atoms with Crippen LogP contribution in [0.4, 0.5) is 0 Å². The predicted octanol–water partition coefficient (Wildman–Crippen LogP) is -0.0831. The quantitative estimate of drug-likeness (QED) is 0.787. The molecule has 2 rings (SSSR count). The third-order valence-corrected chi connectivity index (χ3v) is 6.32. The van der Waals surface area contributed by atoms with Crippen LogP contribution >= 0.6 is 0 Å². The Morgan fingerprint density at radius 3 is 2.63 bits per heavy atom. The second-order valence-corrected chi connectivity index (χ2v) is 8.49. The first-order valence-electron chi connectivity index (χ1n) is 7.25. The molecule has 0 spiro atoms. The Labute approximate surface area is 117 Å². The van der Waals surface area contributed by atoms with Gasteiger partial charge in [-0.1, -0.05) is 6.42 Å². The van der Waals surface area contributed by atoms with Crippen LogP contribution in [-0.2, 0) is 9.84 Å². The number of hydrogen-bond acceptors (Lipinski definition) is 5. The number of nitrogens with zero attached hydrogens (tertiary/aromatic N) is 2. The molecular weight excluding hydrogens is 262 g/mol. The molecule has 0 aromatic carbocycles. The lowest BCUT2D eigenvalue weighted by molar-refractivity contribution is 0.0418. The van der Waals surface area contributed by atoms with Gasteiger partial charge in [-0.3, -0.25) is 4.90 Å². The lowest BCUT2D eigenvalue weighted by atomic mass is 9.92. The van der Waals surface area contributed by atoms with Gasteiger partial charge in [0, 0.05) is 44.5 Å². The van der Waals surface area contributed by atoms with E-state index in [0.717, 1.165) is 45.3 Å². The van der Waals surface area contributed by atoms with Crippen LogP contribution in [0.5, 0.6) is 0 Å². The molecule has 6 heteroatoms. The van der Waals surface area contributed by atoms with Crippen LogP contribution in [0.2, 0.25) is 0 Å². The summed E-state index contributed by atoms with van der Waals surface area (Å²) in [7, 11) is -0.776. The second kappa shape index (κ2) is 6.08. The van der Waals surface area contributed by atoms with Crippen molar-refractivity contribution in [2.45, 2.75) is 43.0 Å². The standard InChI is InChI=1S/C13H27N3O2S/c1-15-6-7-16(12(9-14)10-15)11-4-3-5-13(8-11)19(2,17)18/h11-13H,3-10,14H2,1-2H3. The van der Waals surface area contributed by atoms with Gasteiger partial charge < -0.3 is 10.6 Å². The van der Waals surface area contributed by atoms with E-state index >= 15 is 0 Å². The van der Waals surface area contributed by atoms with Crippen LogP contribution in [0.1, 0.15) is 25.7 Å². The van der Waals surface area contributed by atoms with Crippen molar-refractivity contribution in [1.29, 1.82) is 0 Å². The molecule has 0 aromatic rings. The molecule has 0 amide bonds. The average Bonchev–Trinajstić information content (AvgIpc) is 2.37. The maximum Gasteiger partial charge on any atom is 0.150 e. The highest BCUT2D eigenvalue weighted by atomic mass is 32.2. The van der Waals surface area contributed by atoms with Crippen molar-refractivity contribution in [3.63, 3.8) is 0 Å². The van der Waals surface area contributed by atoms with Crippen molar-refractivity contribution in [2.24, 2.45) is 5.73 Å². The molecule has 1 heterocycles. The molecule has 2 fully saturated rings. The first kappa shape index (κ1) is 15.2. The summed E-state index contributed by atoms with van der Waals surface area (Å²) in [5, 5.41) is -0.149. The minimum absolute atomic E-state index is 0.149. The van der Waals surface area contributed by atoms with Gasteiger partial charge in [-0.2, -0.15) is 0 Å². The molecule has 112 valence electrons. The molecule has 3 unspecified atom stereocenters. The molecule has 2 N–H and O–H groups in total. The molecule has 0 bridgehead atoms. The molecule has 5 nitrogen and oxygen atoms in total. The molecule has 3 atom stereocenters. The van der Waals surface area contributed by atoms with Crippen molar-refractivity contribution >= 4 is 9.84 Å². The summed E-state index contributed by atoms with van der Waals surface area (Å²) in [6, 6.07) is 0.776. The van der Waals surface area contributed by atoms with Crippen molar-refractivity contribution in [1.82, 2.24) is 9.80 Å².